The largest absolute Gasteiger partial charge is 0.444 e. The topological polar surface area (TPSA) is 90.4 Å². The third-order valence-electron chi connectivity index (χ3n) is 5.43. The van der Waals surface area contributed by atoms with Crippen molar-refractivity contribution in [2.24, 2.45) is 0 Å². The third-order valence-corrected chi connectivity index (χ3v) is 5.43. The third kappa shape index (κ3) is 4.37. The Balaban J connectivity index is 1.80. The van der Waals surface area contributed by atoms with Crippen molar-refractivity contribution in [3.8, 4) is 0 Å². The quantitative estimate of drug-likeness (QED) is 0.681. The van der Waals surface area contributed by atoms with E-state index in [-0.39, 0.29) is 18.1 Å². The van der Waals surface area contributed by atoms with Crippen LogP contribution < -0.4 is 11.3 Å². The van der Waals surface area contributed by atoms with E-state index in [2.05, 4.69) is 4.98 Å². The van der Waals surface area contributed by atoms with E-state index in [1.165, 1.54) is 4.57 Å². The van der Waals surface area contributed by atoms with Gasteiger partial charge in [0.25, 0.3) is 5.56 Å². The van der Waals surface area contributed by atoms with E-state index in [0.717, 1.165) is 11.1 Å². The molecule has 0 unspecified atom stereocenters. The number of carbonyl (C=O) groups excluding carboxylic acids is 1. The number of rotatable bonds is 3. The van der Waals surface area contributed by atoms with E-state index in [0.29, 0.717) is 24.2 Å². The van der Waals surface area contributed by atoms with Crippen LogP contribution in [0.2, 0.25) is 0 Å². The summed E-state index contributed by atoms with van der Waals surface area (Å²) in [5, 5.41) is 0. The monoisotopic (exact) mass is 432 g/mol. The Morgan fingerprint density at radius 2 is 1.59 bits per heavy atom. The highest BCUT2D eigenvalue weighted by Crippen LogP contribution is 2.28. The summed E-state index contributed by atoms with van der Waals surface area (Å²) in [4.78, 5) is 32.5. The maximum Gasteiger partial charge on any atom is 0.410 e. The van der Waals surface area contributed by atoms with E-state index >= 15 is 0 Å². The Morgan fingerprint density at radius 3 is 2.12 bits per heavy atom. The Kier molecular flexibility index (Phi) is 5.74. The summed E-state index contributed by atoms with van der Waals surface area (Å²) in [5.41, 5.74) is 8.47. The molecule has 0 saturated heterocycles. The standard InChI is InChI=1S/C25H28N4O3/c1-25(2,3)32-24(31)28-15-14-20-19(16-28)22(30)29(23(26)27-20)21(17-10-6-4-7-11-17)18-12-8-5-9-13-18/h4-13,21H,14-16H2,1-3H3,(H2,26,27). The molecule has 166 valence electrons. The first kappa shape index (κ1) is 21.6. The molecule has 32 heavy (non-hydrogen) atoms. The molecular weight excluding hydrogens is 404 g/mol. The minimum absolute atomic E-state index is 0.145. The first-order chi connectivity index (χ1) is 15.2. The number of carbonyl (C=O) groups is 1. The van der Waals surface area contributed by atoms with Crippen LogP contribution in [0.1, 0.15) is 49.2 Å². The molecule has 0 atom stereocenters. The molecule has 0 saturated carbocycles. The minimum Gasteiger partial charge on any atom is -0.444 e. The maximum absolute atomic E-state index is 13.7. The van der Waals surface area contributed by atoms with Crippen LogP contribution in [0.3, 0.4) is 0 Å². The van der Waals surface area contributed by atoms with Gasteiger partial charge in [-0.3, -0.25) is 9.36 Å². The second-order valence-electron chi connectivity index (χ2n) is 8.95. The molecule has 1 amide bonds. The van der Waals surface area contributed by atoms with Crippen LogP contribution in [-0.2, 0) is 17.7 Å². The number of nitrogen functional groups attached to an aromatic ring is 1. The number of hydrogen-bond acceptors (Lipinski definition) is 5. The summed E-state index contributed by atoms with van der Waals surface area (Å²) in [5.74, 6) is 0.164. The van der Waals surface area contributed by atoms with Crippen molar-refractivity contribution in [1.29, 1.82) is 0 Å². The number of fused-ring (bicyclic) bond motifs is 1. The molecule has 1 aliphatic heterocycles. The molecular formula is C25H28N4O3. The van der Waals surface area contributed by atoms with Crippen molar-refractivity contribution >= 4 is 12.0 Å². The number of benzene rings is 2. The summed E-state index contributed by atoms with van der Waals surface area (Å²) in [6, 6.07) is 19.0. The number of amides is 1. The molecule has 2 aromatic carbocycles. The van der Waals surface area contributed by atoms with Crippen LogP contribution in [0.25, 0.3) is 0 Å². The first-order valence-corrected chi connectivity index (χ1v) is 10.7. The van der Waals surface area contributed by atoms with E-state index in [1.807, 2.05) is 81.4 Å². The molecule has 4 rings (SSSR count). The van der Waals surface area contributed by atoms with Crippen LogP contribution in [0.5, 0.6) is 0 Å². The molecule has 7 heteroatoms. The van der Waals surface area contributed by atoms with Gasteiger partial charge in [-0.2, -0.15) is 0 Å². The van der Waals surface area contributed by atoms with Gasteiger partial charge in [0.1, 0.15) is 5.60 Å². The van der Waals surface area contributed by atoms with Gasteiger partial charge in [-0.15, -0.1) is 0 Å². The average molecular weight is 433 g/mol. The lowest BCUT2D eigenvalue weighted by atomic mass is 9.97. The number of anilines is 1. The Labute approximate surface area is 187 Å². The number of nitrogens with two attached hydrogens (primary N) is 1. The zero-order chi connectivity index (χ0) is 22.9. The first-order valence-electron chi connectivity index (χ1n) is 10.7. The van der Waals surface area contributed by atoms with Crippen LogP contribution in [0.4, 0.5) is 10.7 Å². The highest BCUT2D eigenvalue weighted by Gasteiger charge is 2.31. The molecule has 0 aliphatic carbocycles. The summed E-state index contributed by atoms with van der Waals surface area (Å²) in [6.07, 6.45) is 0.0181. The average Bonchev–Trinajstić information content (AvgIpc) is 2.76. The van der Waals surface area contributed by atoms with Crippen LogP contribution in [0, 0.1) is 0 Å². The summed E-state index contributed by atoms with van der Waals surface area (Å²) < 4.78 is 7.04. The van der Waals surface area contributed by atoms with Gasteiger partial charge in [0.15, 0.2) is 0 Å². The van der Waals surface area contributed by atoms with Crippen molar-refractivity contribution in [3.63, 3.8) is 0 Å². The Hall–Kier alpha value is -3.61. The summed E-state index contributed by atoms with van der Waals surface area (Å²) >= 11 is 0. The van der Waals surface area contributed by atoms with Crippen molar-refractivity contribution in [2.45, 2.75) is 45.4 Å². The van der Waals surface area contributed by atoms with Gasteiger partial charge in [0.2, 0.25) is 5.95 Å². The van der Waals surface area contributed by atoms with E-state index in [9.17, 15) is 9.59 Å². The minimum atomic E-state index is -0.608. The number of aromatic nitrogens is 2. The van der Waals surface area contributed by atoms with E-state index in [1.54, 1.807) is 4.90 Å². The highest BCUT2D eigenvalue weighted by molar-refractivity contribution is 5.68. The van der Waals surface area contributed by atoms with E-state index in [4.69, 9.17) is 10.5 Å². The van der Waals surface area contributed by atoms with E-state index < -0.39 is 17.7 Å². The normalized spacial score (nSPS) is 13.7. The fourth-order valence-corrected chi connectivity index (χ4v) is 4.00. The summed E-state index contributed by atoms with van der Waals surface area (Å²) in [6.45, 7) is 6.04. The predicted molar refractivity (Wildman–Crippen MR) is 123 cm³/mol. The van der Waals surface area contributed by atoms with Gasteiger partial charge < -0.3 is 15.4 Å². The smallest absolute Gasteiger partial charge is 0.410 e. The van der Waals surface area contributed by atoms with Gasteiger partial charge >= 0.3 is 6.09 Å². The van der Waals surface area contributed by atoms with Gasteiger partial charge in [-0.05, 0) is 31.9 Å². The lowest BCUT2D eigenvalue weighted by molar-refractivity contribution is 0.0221. The second-order valence-corrected chi connectivity index (χ2v) is 8.95. The zero-order valence-corrected chi connectivity index (χ0v) is 18.6. The second kappa shape index (κ2) is 8.49. The SMILES string of the molecule is CC(C)(C)OC(=O)N1CCc2nc(N)n(C(c3ccccc3)c3ccccc3)c(=O)c2C1. The van der Waals surface area contributed by atoms with Gasteiger partial charge in [0, 0.05) is 13.0 Å². The molecule has 0 fully saturated rings. The number of hydrogen-bond donors (Lipinski definition) is 1. The molecule has 1 aliphatic rings. The molecule has 3 aromatic rings. The lowest BCUT2D eigenvalue weighted by Gasteiger charge is -2.31. The molecule has 0 spiro atoms. The fourth-order valence-electron chi connectivity index (χ4n) is 4.00. The summed E-state index contributed by atoms with van der Waals surface area (Å²) in [7, 11) is 0. The van der Waals surface area contributed by atoms with Gasteiger partial charge in [0.05, 0.1) is 23.8 Å². The molecule has 2 heterocycles. The fraction of sp³-hybridized carbons (Fsp3) is 0.320. The van der Waals surface area contributed by atoms with Crippen molar-refractivity contribution < 1.29 is 9.53 Å². The predicted octanol–water partition coefficient (Wildman–Crippen LogP) is 3.76. The van der Waals surface area contributed by atoms with Crippen LogP contribution >= 0.6 is 0 Å². The molecule has 7 nitrogen and oxygen atoms in total. The lowest BCUT2D eigenvalue weighted by Crippen LogP contribution is -2.44. The van der Waals surface area contributed by atoms with Crippen molar-refractivity contribution in [2.75, 3.05) is 12.3 Å². The van der Waals surface area contributed by atoms with Crippen molar-refractivity contribution in [3.05, 3.63) is 93.4 Å². The molecule has 0 bridgehead atoms. The number of nitrogens with zero attached hydrogens (tertiary/aromatic N) is 3. The zero-order valence-electron chi connectivity index (χ0n) is 18.6. The Bertz CT molecular complexity index is 1130. The van der Waals surface area contributed by atoms with Crippen LogP contribution in [-0.4, -0.2) is 32.7 Å². The van der Waals surface area contributed by atoms with Crippen LogP contribution in [0.15, 0.2) is 65.5 Å². The molecule has 2 N–H and O–H groups in total. The Morgan fingerprint density at radius 1 is 1.03 bits per heavy atom. The van der Waals surface area contributed by atoms with Gasteiger partial charge in [-0.1, -0.05) is 60.7 Å². The molecule has 1 aromatic heterocycles. The molecule has 0 radical (unpaired) electrons. The van der Waals surface area contributed by atoms with Crippen molar-refractivity contribution in [1.82, 2.24) is 14.5 Å². The number of ether oxygens (including phenoxy) is 1. The maximum atomic E-state index is 13.7. The van der Waals surface area contributed by atoms with Gasteiger partial charge in [-0.25, -0.2) is 9.78 Å². The highest BCUT2D eigenvalue weighted by atomic mass is 16.6.